The molecule has 1 N–H and O–H groups in total. The van der Waals surface area contributed by atoms with Gasteiger partial charge in [-0.25, -0.2) is 8.42 Å². The highest BCUT2D eigenvalue weighted by Crippen LogP contribution is 2.61. The van der Waals surface area contributed by atoms with Gasteiger partial charge in [0.25, 0.3) is 0 Å². The van der Waals surface area contributed by atoms with Crippen molar-refractivity contribution in [1.29, 1.82) is 0 Å². The van der Waals surface area contributed by atoms with Crippen LogP contribution in [0.15, 0.2) is 47.6 Å². The zero-order chi connectivity index (χ0) is 23.8. The van der Waals surface area contributed by atoms with Crippen molar-refractivity contribution in [3.05, 3.63) is 48.3 Å². The number of amides is 2. The van der Waals surface area contributed by atoms with E-state index in [0.717, 1.165) is 12.1 Å². The first-order valence-corrected chi connectivity index (χ1v) is 12.8. The standard InChI is InChI=1S/C23H31N5O4S/c1-4-26(14-17-13-25-27(5-2)15-17)22(30)19-11-23(19)12-20(21(29)24-3)28(16-23)33(31,32)18-9-7-6-8-10-18/h6-10,13,15,19-20H,4-5,11-12,14,16H2,1-3H3,(H,24,29)/t19-,20+,23+/m1/s1. The number of sulfonamides is 1. The van der Waals surface area contributed by atoms with E-state index in [9.17, 15) is 18.0 Å². The molecule has 2 amide bonds. The first kappa shape index (κ1) is 23.4. The molecule has 9 nitrogen and oxygen atoms in total. The largest absolute Gasteiger partial charge is 0.358 e. The van der Waals surface area contributed by atoms with Gasteiger partial charge in [0.05, 0.1) is 11.1 Å². The number of hydrogen-bond acceptors (Lipinski definition) is 5. The van der Waals surface area contributed by atoms with Crippen molar-refractivity contribution in [2.75, 3.05) is 20.1 Å². The Kier molecular flexibility index (Phi) is 6.32. The number of likely N-dealkylation sites (N-methyl/N-ethyl adjacent to an activating group) is 1. The van der Waals surface area contributed by atoms with E-state index >= 15 is 0 Å². The number of nitrogens with one attached hydrogen (secondary N) is 1. The SMILES string of the molecule is CCN(Cc1cnn(CC)c1)C(=O)[C@H]1C[C@@]12C[C@@H](C(=O)NC)N(S(=O)(=O)c1ccccc1)C2. The summed E-state index contributed by atoms with van der Waals surface area (Å²) in [6.07, 6.45) is 4.64. The highest BCUT2D eigenvalue weighted by Gasteiger charge is 2.66. The summed E-state index contributed by atoms with van der Waals surface area (Å²) >= 11 is 0. The number of aryl methyl sites for hydroxylation is 1. The van der Waals surface area contributed by atoms with Crippen LogP contribution in [-0.2, 0) is 32.7 Å². The van der Waals surface area contributed by atoms with Gasteiger partial charge in [0, 0.05) is 50.9 Å². The van der Waals surface area contributed by atoms with E-state index in [4.69, 9.17) is 0 Å². The van der Waals surface area contributed by atoms with Gasteiger partial charge in [-0.1, -0.05) is 18.2 Å². The third kappa shape index (κ3) is 4.29. The third-order valence-electron chi connectivity index (χ3n) is 6.88. The zero-order valence-electron chi connectivity index (χ0n) is 19.3. The molecule has 4 rings (SSSR count). The summed E-state index contributed by atoms with van der Waals surface area (Å²) in [5.41, 5.74) is 0.460. The lowest BCUT2D eigenvalue weighted by Crippen LogP contribution is -2.44. The average Bonchev–Trinajstić information content (AvgIpc) is 3.14. The first-order valence-electron chi connectivity index (χ1n) is 11.3. The second kappa shape index (κ2) is 8.90. The van der Waals surface area contributed by atoms with E-state index in [-0.39, 0.29) is 29.2 Å². The number of carbonyl (C=O) groups is 2. The minimum absolute atomic E-state index is 0.0105. The number of hydrogen-bond donors (Lipinski definition) is 1. The topological polar surface area (TPSA) is 105 Å². The van der Waals surface area contributed by atoms with Crippen molar-refractivity contribution in [3.63, 3.8) is 0 Å². The summed E-state index contributed by atoms with van der Waals surface area (Å²) in [5.74, 6) is -0.623. The van der Waals surface area contributed by atoms with Crippen molar-refractivity contribution in [2.24, 2.45) is 11.3 Å². The molecule has 1 saturated heterocycles. The smallest absolute Gasteiger partial charge is 0.243 e. The second-order valence-corrected chi connectivity index (χ2v) is 10.8. The van der Waals surface area contributed by atoms with Crippen LogP contribution in [0.3, 0.4) is 0 Å². The van der Waals surface area contributed by atoms with Crippen LogP contribution in [0.2, 0.25) is 0 Å². The van der Waals surface area contributed by atoms with Crippen LogP contribution in [0.5, 0.6) is 0 Å². The summed E-state index contributed by atoms with van der Waals surface area (Å²) in [6.45, 7) is 5.89. The Bertz CT molecular complexity index is 1130. The van der Waals surface area contributed by atoms with Gasteiger partial charge in [-0.15, -0.1) is 0 Å². The van der Waals surface area contributed by atoms with Crippen LogP contribution in [0, 0.1) is 11.3 Å². The number of benzene rings is 1. The average molecular weight is 474 g/mol. The van der Waals surface area contributed by atoms with Crippen LogP contribution in [0.4, 0.5) is 0 Å². The molecule has 33 heavy (non-hydrogen) atoms. The quantitative estimate of drug-likeness (QED) is 0.625. The van der Waals surface area contributed by atoms with Crippen molar-refractivity contribution >= 4 is 21.8 Å². The Balaban J connectivity index is 1.54. The summed E-state index contributed by atoms with van der Waals surface area (Å²) in [7, 11) is -2.36. The number of aromatic nitrogens is 2. The van der Waals surface area contributed by atoms with Crippen molar-refractivity contribution < 1.29 is 18.0 Å². The molecule has 0 bridgehead atoms. The zero-order valence-corrected chi connectivity index (χ0v) is 20.1. The molecule has 178 valence electrons. The van der Waals surface area contributed by atoms with E-state index < -0.39 is 21.5 Å². The van der Waals surface area contributed by atoms with Crippen molar-refractivity contribution in [3.8, 4) is 0 Å². The van der Waals surface area contributed by atoms with E-state index in [2.05, 4.69) is 10.4 Å². The molecule has 10 heteroatoms. The van der Waals surface area contributed by atoms with Crippen LogP contribution < -0.4 is 5.32 Å². The Morgan fingerprint density at radius 2 is 1.94 bits per heavy atom. The predicted molar refractivity (Wildman–Crippen MR) is 122 cm³/mol. The molecule has 1 aliphatic heterocycles. The van der Waals surface area contributed by atoms with Gasteiger partial charge in [0.2, 0.25) is 21.8 Å². The summed E-state index contributed by atoms with van der Waals surface area (Å²) in [6, 6.07) is 7.32. The van der Waals surface area contributed by atoms with Gasteiger partial charge in [0.1, 0.15) is 6.04 Å². The van der Waals surface area contributed by atoms with Crippen molar-refractivity contribution in [2.45, 2.75) is 50.7 Å². The van der Waals surface area contributed by atoms with E-state index in [0.29, 0.717) is 25.9 Å². The number of carbonyl (C=O) groups excluding carboxylic acids is 2. The molecule has 2 aliphatic rings. The Hall–Kier alpha value is -2.72. The number of nitrogens with zero attached hydrogens (tertiary/aromatic N) is 4. The summed E-state index contributed by atoms with van der Waals surface area (Å²) in [4.78, 5) is 28.0. The molecule has 3 atom stereocenters. The molecular formula is C23H31N5O4S. The molecule has 2 fully saturated rings. The molecule has 0 radical (unpaired) electrons. The lowest BCUT2D eigenvalue weighted by Gasteiger charge is -2.23. The fourth-order valence-corrected chi connectivity index (χ4v) is 6.59. The fraction of sp³-hybridized carbons (Fsp3) is 0.522. The molecule has 1 saturated carbocycles. The molecule has 1 aromatic carbocycles. The maximum Gasteiger partial charge on any atom is 0.243 e. The van der Waals surface area contributed by atoms with Crippen LogP contribution in [0.1, 0.15) is 32.3 Å². The molecule has 1 aromatic heterocycles. The van der Waals surface area contributed by atoms with Gasteiger partial charge < -0.3 is 10.2 Å². The minimum atomic E-state index is -3.86. The lowest BCUT2D eigenvalue weighted by molar-refractivity contribution is -0.134. The highest BCUT2D eigenvalue weighted by atomic mass is 32.2. The van der Waals surface area contributed by atoms with E-state index in [1.807, 2.05) is 24.7 Å². The van der Waals surface area contributed by atoms with Gasteiger partial charge in [-0.05, 0) is 44.2 Å². The monoisotopic (exact) mass is 473 g/mol. The van der Waals surface area contributed by atoms with E-state index in [1.165, 1.54) is 23.5 Å². The maximum absolute atomic E-state index is 13.4. The second-order valence-electron chi connectivity index (χ2n) is 8.87. The third-order valence-corrected chi connectivity index (χ3v) is 8.75. The van der Waals surface area contributed by atoms with Crippen LogP contribution in [-0.4, -0.2) is 65.4 Å². The molecule has 1 aliphatic carbocycles. The Labute approximate surface area is 194 Å². The van der Waals surface area contributed by atoms with Gasteiger partial charge >= 0.3 is 0 Å². The molecule has 2 heterocycles. The summed E-state index contributed by atoms with van der Waals surface area (Å²) < 4.78 is 29.8. The minimum Gasteiger partial charge on any atom is -0.358 e. The summed E-state index contributed by atoms with van der Waals surface area (Å²) in [5, 5.41) is 6.87. The van der Waals surface area contributed by atoms with Crippen LogP contribution >= 0.6 is 0 Å². The van der Waals surface area contributed by atoms with Gasteiger partial charge in [0.15, 0.2) is 0 Å². The molecular weight excluding hydrogens is 442 g/mol. The van der Waals surface area contributed by atoms with Crippen molar-refractivity contribution in [1.82, 2.24) is 24.3 Å². The Morgan fingerprint density at radius 3 is 2.55 bits per heavy atom. The maximum atomic E-state index is 13.4. The predicted octanol–water partition coefficient (Wildman–Crippen LogP) is 1.47. The molecule has 0 unspecified atom stereocenters. The van der Waals surface area contributed by atoms with Crippen LogP contribution in [0.25, 0.3) is 0 Å². The number of rotatable bonds is 8. The van der Waals surface area contributed by atoms with Gasteiger partial charge in [-0.3, -0.25) is 14.3 Å². The molecule has 1 spiro atoms. The lowest BCUT2D eigenvalue weighted by atomic mass is 9.98. The molecule has 2 aromatic rings. The van der Waals surface area contributed by atoms with E-state index in [1.54, 1.807) is 29.3 Å². The highest BCUT2D eigenvalue weighted by molar-refractivity contribution is 7.89. The Morgan fingerprint density at radius 1 is 1.21 bits per heavy atom. The fourth-order valence-electron chi connectivity index (χ4n) is 4.89. The van der Waals surface area contributed by atoms with Gasteiger partial charge in [-0.2, -0.15) is 9.40 Å². The normalized spacial score (nSPS) is 24.7. The first-order chi connectivity index (χ1) is 15.8.